The molecule has 0 radical (unpaired) electrons. The van der Waals surface area contributed by atoms with Crippen molar-refractivity contribution in [2.75, 3.05) is 49.2 Å². The van der Waals surface area contributed by atoms with E-state index in [-0.39, 0.29) is 11.1 Å². The summed E-state index contributed by atoms with van der Waals surface area (Å²) in [5.74, 6) is 6.67. The first-order valence-electron chi connectivity index (χ1n) is 11.5. The van der Waals surface area contributed by atoms with Gasteiger partial charge in [0.25, 0.3) is 5.56 Å². The Hall–Kier alpha value is -3.63. The molecule has 1 fully saturated rings. The number of thioether (sulfide) groups is 1. The van der Waals surface area contributed by atoms with Crippen LogP contribution in [0, 0.1) is 0 Å². The third-order valence-corrected chi connectivity index (χ3v) is 7.28. The smallest absolute Gasteiger partial charge is 0.335 e. The molecule has 180 valence electrons. The van der Waals surface area contributed by atoms with Gasteiger partial charge in [0.15, 0.2) is 5.16 Å². The highest BCUT2D eigenvalue weighted by atomic mass is 32.2. The van der Waals surface area contributed by atoms with Gasteiger partial charge >= 0.3 is 5.97 Å². The molecule has 1 aliphatic heterocycles. The number of pyridine rings is 1. The summed E-state index contributed by atoms with van der Waals surface area (Å²) >= 11 is 1.41. The van der Waals surface area contributed by atoms with E-state index in [1.54, 1.807) is 0 Å². The molecule has 0 bridgehead atoms. The summed E-state index contributed by atoms with van der Waals surface area (Å²) in [4.78, 5) is 37.8. The molecule has 0 spiro atoms. The Morgan fingerprint density at radius 1 is 1.00 bits per heavy atom. The minimum atomic E-state index is -1.06. The Morgan fingerprint density at radius 3 is 2.60 bits per heavy atom. The van der Waals surface area contributed by atoms with Crippen LogP contribution in [0.4, 0.5) is 5.82 Å². The van der Waals surface area contributed by atoms with Crippen molar-refractivity contribution in [2.45, 2.75) is 11.6 Å². The maximum Gasteiger partial charge on any atom is 0.335 e. The summed E-state index contributed by atoms with van der Waals surface area (Å²) < 4.78 is 1.04. The number of carboxylic acids is 1. The highest BCUT2D eigenvalue weighted by molar-refractivity contribution is 7.99. The third-order valence-electron chi connectivity index (χ3n) is 6.25. The molecular formula is C25H26N6O3S. The zero-order valence-corrected chi connectivity index (χ0v) is 19.9. The van der Waals surface area contributed by atoms with Gasteiger partial charge in [0, 0.05) is 37.3 Å². The zero-order valence-electron chi connectivity index (χ0n) is 19.1. The average molecular weight is 491 g/mol. The maximum absolute atomic E-state index is 12.5. The van der Waals surface area contributed by atoms with Crippen molar-refractivity contribution in [3.63, 3.8) is 0 Å². The zero-order chi connectivity index (χ0) is 24.4. The number of hydrogen-bond acceptors (Lipinski definition) is 8. The number of carboxylic acid groups (broad SMARTS) is 1. The lowest BCUT2D eigenvalue weighted by Gasteiger charge is -2.35. The average Bonchev–Trinajstić information content (AvgIpc) is 2.89. The van der Waals surface area contributed by atoms with Gasteiger partial charge in [-0.2, -0.15) is 0 Å². The van der Waals surface area contributed by atoms with Crippen LogP contribution in [0.3, 0.4) is 0 Å². The van der Waals surface area contributed by atoms with Crippen LogP contribution >= 0.6 is 11.8 Å². The van der Waals surface area contributed by atoms with Crippen molar-refractivity contribution in [3.05, 3.63) is 70.5 Å². The van der Waals surface area contributed by atoms with Crippen LogP contribution in [0.5, 0.6) is 0 Å². The minimum absolute atomic E-state index is 0.0909. The number of para-hydroxylation sites is 1. The molecule has 2 aromatic carbocycles. The normalized spacial score (nSPS) is 14.6. The van der Waals surface area contributed by atoms with Gasteiger partial charge in [-0.15, -0.1) is 0 Å². The number of piperazine rings is 1. The molecule has 0 atom stereocenters. The summed E-state index contributed by atoms with van der Waals surface area (Å²) in [6, 6.07) is 16.6. The number of nitrogens with two attached hydrogens (primary N) is 1. The number of rotatable bonds is 7. The number of carbonyl (C=O) groups is 1. The van der Waals surface area contributed by atoms with Crippen LogP contribution < -0.4 is 16.3 Å². The molecule has 35 heavy (non-hydrogen) atoms. The predicted molar refractivity (Wildman–Crippen MR) is 139 cm³/mol. The Morgan fingerprint density at radius 2 is 1.80 bits per heavy atom. The van der Waals surface area contributed by atoms with Crippen molar-refractivity contribution in [2.24, 2.45) is 0 Å². The molecule has 3 N–H and O–H groups in total. The van der Waals surface area contributed by atoms with Gasteiger partial charge in [-0.05, 0) is 49.4 Å². The topological polar surface area (TPSA) is 118 Å². The number of aromatic carboxylic acids is 1. The summed E-state index contributed by atoms with van der Waals surface area (Å²) in [5.41, 5.74) is 1.07. The van der Waals surface area contributed by atoms with E-state index in [0.717, 1.165) is 66.3 Å². The lowest BCUT2D eigenvalue weighted by Crippen LogP contribution is -2.47. The Labute approximate surface area is 206 Å². The summed E-state index contributed by atoms with van der Waals surface area (Å²) in [7, 11) is 0. The van der Waals surface area contributed by atoms with E-state index < -0.39 is 5.97 Å². The molecule has 9 nitrogen and oxygen atoms in total. The van der Waals surface area contributed by atoms with Gasteiger partial charge in [-0.1, -0.05) is 30.0 Å². The highest BCUT2D eigenvalue weighted by Crippen LogP contribution is 2.21. The molecule has 0 unspecified atom stereocenters. The number of anilines is 1. The first-order valence-corrected chi connectivity index (χ1v) is 12.5. The largest absolute Gasteiger partial charge is 0.478 e. The Kier molecular flexibility index (Phi) is 6.56. The Bertz CT molecular complexity index is 1450. The van der Waals surface area contributed by atoms with Gasteiger partial charge in [-0.25, -0.2) is 19.4 Å². The van der Waals surface area contributed by atoms with Gasteiger partial charge in [-0.3, -0.25) is 9.69 Å². The molecular weight excluding hydrogens is 464 g/mol. The molecule has 0 saturated carbocycles. The van der Waals surface area contributed by atoms with Crippen molar-refractivity contribution >= 4 is 45.4 Å². The fraction of sp³-hybridized carbons (Fsp3) is 0.280. The van der Waals surface area contributed by atoms with Gasteiger partial charge in [0.05, 0.1) is 22.0 Å². The van der Waals surface area contributed by atoms with Crippen LogP contribution in [0.25, 0.3) is 21.8 Å². The fourth-order valence-corrected chi connectivity index (χ4v) is 5.14. The quantitative estimate of drug-likeness (QED) is 0.174. The first kappa shape index (κ1) is 23.1. The second kappa shape index (κ2) is 9.93. The van der Waals surface area contributed by atoms with E-state index in [0.29, 0.717) is 16.1 Å². The van der Waals surface area contributed by atoms with Crippen LogP contribution in [0.2, 0.25) is 0 Å². The SMILES string of the molecule is Nn1c(SCCCN2CCN(c3ccc4ccccc4n3)CC2)nc2cc(C(=O)O)ccc2c1=O. The highest BCUT2D eigenvalue weighted by Gasteiger charge is 2.18. The van der Waals surface area contributed by atoms with Gasteiger partial charge in [0.2, 0.25) is 0 Å². The van der Waals surface area contributed by atoms with E-state index in [1.807, 2.05) is 18.2 Å². The molecule has 3 heterocycles. The van der Waals surface area contributed by atoms with Crippen LogP contribution in [0.1, 0.15) is 16.8 Å². The minimum Gasteiger partial charge on any atom is -0.478 e. The molecule has 1 aliphatic rings. The molecule has 5 rings (SSSR count). The van der Waals surface area contributed by atoms with Gasteiger partial charge < -0.3 is 15.8 Å². The van der Waals surface area contributed by atoms with E-state index in [2.05, 4.69) is 33.0 Å². The number of hydrogen-bond donors (Lipinski definition) is 2. The van der Waals surface area contributed by atoms with Crippen molar-refractivity contribution < 1.29 is 9.90 Å². The lowest BCUT2D eigenvalue weighted by molar-refractivity contribution is 0.0697. The molecule has 0 amide bonds. The summed E-state index contributed by atoms with van der Waals surface area (Å²) in [6.45, 7) is 4.73. The monoisotopic (exact) mass is 490 g/mol. The number of nitrogens with zero attached hydrogens (tertiary/aromatic N) is 5. The van der Waals surface area contributed by atoms with E-state index in [4.69, 9.17) is 10.8 Å². The van der Waals surface area contributed by atoms with E-state index in [9.17, 15) is 14.7 Å². The summed E-state index contributed by atoms with van der Waals surface area (Å²) in [5, 5.41) is 11.0. The van der Waals surface area contributed by atoms with Crippen LogP contribution in [0.15, 0.2) is 64.5 Å². The van der Waals surface area contributed by atoms with Crippen molar-refractivity contribution in [3.8, 4) is 0 Å². The standard InChI is InChI=1S/C25H26N6O3S/c26-31-23(32)19-8-6-18(24(33)34)16-21(19)28-25(31)35-15-3-10-29-11-13-30(14-12-29)22-9-7-17-4-1-2-5-20(17)27-22/h1-2,4-9,16H,3,10-15,26H2,(H,33,34). The van der Waals surface area contributed by atoms with E-state index >= 15 is 0 Å². The van der Waals surface area contributed by atoms with Crippen molar-refractivity contribution in [1.82, 2.24) is 19.5 Å². The summed E-state index contributed by atoms with van der Waals surface area (Å²) in [6.07, 6.45) is 0.919. The fourth-order valence-electron chi connectivity index (χ4n) is 4.30. The molecule has 10 heteroatoms. The molecule has 2 aromatic heterocycles. The van der Waals surface area contributed by atoms with Crippen LogP contribution in [-0.4, -0.2) is 69.1 Å². The molecule has 0 aliphatic carbocycles. The number of fused-ring (bicyclic) bond motifs is 2. The van der Waals surface area contributed by atoms with Gasteiger partial charge in [0.1, 0.15) is 5.82 Å². The van der Waals surface area contributed by atoms with Crippen molar-refractivity contribution in [1.29, 1.82) is 0 Å². The Balaban J connectivity index is 1.14. The first-order chi connectivity index (χ1) is 17.0. The van der Waals surface area contributed by atoms with E-state index in [1.165, 1.54) is 30.0 Å². The lowest BCUT2D eigenvalue weighted by atomic mass is 10.1. The second-order valence-corrected chi connectivity index (χ2v) is 9.56. The second-order valence-electron chi connectivity index (χ2n) is 8.50. The molecule has 4 aromatic rings. The molecule has 1 saturated heterocycles. The predicted octanol–water partition coefficient (Wildman–Crippen LogP) is 2.66. The number of aromatic nitrogens is 3. The van der Waals surface area contributed by atoms with Crippen LogP contribution in [-0.2, 0) is 0 Å². The number of benzene rings is 2. The number of nitrogen functional groups attached to an aromatic ring is 1. The third kappa shape index (κ3) is 4.94. The maximum atomic E-state index is 12.5.